The Morgan fingerprint density at radius 1 is 1.59 bits per heavy atom. The van der Waals surface area contributed by atoms with Crippen LogP contribution in [0.4, 0.5) is 10.2 Å². The van der Waals surface area contributed by atoms with Gasteiger partial charge in [0.15, 0.2) is 28.1 Å². The number of terminal acetylenes is 1. The summed E-state index contributed by atoms with van der Waals surface area (Å²) >= 11 is 0. The number of aliphatic hydroxyl groups is 1. The molecule has 3 heterocycles. The van der Waals surface area contributed by atoms with Crippen LogP contribution in [-0.4, -0.2) is 61.1 Å². The van der Waals surface area contributed by atoms with E-state index in [0.29, 0.717) is 0 Å². The number of esters is 1. The fraction of sp³-hybridized carbons (Fsp3) is 0.556. The van der Waals surface area contributed by atoms with E-state index in [9.17, 15) is 18.9 Å². The third-order valence-electron chi connectivity index (χ3n) is 4.84. The highest BCUT2D eigenvalue weighted by molar-refractivity contribution is 7.36. The Morgan fingerprint density at radius 3 is 2.97 bits per heavy atom. The van der Waals surface area contributed by atoms with Crippen LogP contribution >= 0.6 is 8.18 Å². The van der Waals surface area contributed by atoms with Crippen molar-refractivity contribution in [3.8, 4) is 12.3 Å². The van der Waals surface area contributed by atoms with Crippen LogP contribution in [-0.2, 0) is 23.4 Å². The molecule has 4 N–H and O–H groups in total. The molecule has 2 aromatic rings. The van der Waals surface area contributed by atoms with Crippen molar-refractivity contribution < 1.29 is 32.9 Å². The minimum Gasteiger partial charge on any atom is -0.465 e. The zero-order valence-electron chi connectivity index (χ0n) is 17.6. The molecular formula is C18H23FN6O6P+. The van der Waals surface area contributed by atoms with E-state index in [1.165, 1.54) is 24.7 Å². The van der Waals surface area contributed by atoms with E-state index >= 15 is 0 Å². The monoisotopic (exact) mass is 469 g/mol. The molecule has 12 nitrogen and oxygen atoms in total. The predicted molar refractivity (Wildman–Crippen MR) is 109 cm³/mol. The van der Waals surface area contributed by atoms with Crippen LogP contribution in [0.3, 0.4) is 0 Å². The van der Waals surface area contributed by atoms with Crippen molar-refractivity contribution >= 4 is 31.1 Å². The Kier molecular flexibility index (Phi) is 6.73. The molecule has 1 fully saturated rings. The fourth-order valence-electron chi connectivity index (χ4n) is 3.12. The molecule has 0 amide bonds. The average Bonchev–Trinajstić information content (AvgIpc) is 3.27. The highest BCUT2D eigenvalue weighted by Gasteiger charge is 2.51. The molecule has 172 valence electrons. The molecule has 1 unspecified atom stereocenters. The number of nitrogens with two attached hydrogens (primary N) is 1. The van der Waals surface area contributed by atoms with Gasteiger partial charge in [0.05, 0.1) is 12.9 Å². The van der Waals surface area contributed by atoms with Gasteiger partial charge in [-0.15, -0.1) is 10.9 Å². The molecule has 0 spiro atoms. The second-order valence-corrected chi connectivity index (χ2v) is 8.54. The minimum absolute atomic E-state index is 0.0108. The summed E-state index contributed by atoms with van der Waals surface area (Å²) in [5.41, 5.74) is 2.93. The number of halogens is 1. The lowest BCUT2D eigenvalue weighted by molar-refractivity contribution is -0.149. The van der Waals surface area contributed by atoms with Gasteiger partial charge in [0, 0.05) is 6.42 Å². The largest absolute Gasteiger partial charge is 0.614 e. The van der Waals surface area contributed by atoms with Crippen LogP contribution in [0.2, 0.25) is 0 Å². The zero-order valence-corrected chi connectivity index (χ0v) is 18.5. The van der Waals surface area contributed by atoms with Crippen LogP contribution < -0.4 is 10.8 Å². The summed E-state index contributed by atoms with van der Waals surface area (Å²) in [7, 11) is -2.57. The van der Waals surface area contributed by atoms with E-state index in [1.807, 2.05) is 0 Å². The van der Waals surface area contributed by atoms with Crippen molar-refractivity contribution in [3.05, 3.63) is 12.4 Å². The molecule has 0 bridgehead atoms. The summed E-state index contributed by atoms with van der Waals surface area (Å²) in [4.78, 5) is 23.1. The molecule has 0 saturated carbocycles. The van der Waals surface area contributed by atoms with Gasteiger partial charge in [-0.3, -0.25) is 4.57 Å². The van der Waals surface area contributed by atoms with Gasteiger partial charge in [0.25, 0.3) is 0 Å². The van der Waals surface area contributed by atoms with Crippen molar-refractivity contribution in [1.29, 1.82) is 0 Å². The summed E-state index contributed by atoms with van der Waals surface area (Å²) in [6.07, 6.45) is 3.75. The lowest BCUT2D eigenvalue weighted by Crippen LogP contribution is -2.45. The number of carbonyl (C=O) groups is 1. The Hall–Kier alpha value is -2.75. The number of fused-ring (bicyclic) bond motifs is 1. The van der Waals surface area contributed by atoms with Crippen molar-refractivity contribution in [2.75, 3.05) is 18.9 Å². The first-order chi connectivity index (χ1) is 15.0. The topological polar surface area (TPSA) is 164 Å². The van der Waals surface area contributed by atoms with Gasteiger partial charge in [-0.2, -0.15) is 14.4 Å². The average molecular weight is 469 g/mol. The first-order valence-electron chi connectivity index (χ1n) is 9.57. The molecule has 1 aliphatic rings. The second kappa shape index (κ2) is 9.01. The molecule has 2 aromatic heterocycles. The Bertz CT molecular complexity index is 1090. The summed E-state index contributed by atoms with van der Waals surface area (Å²) in [5.74, 6) is 1.58. The molecule has 3 rings (SSSR count). The van der Waals surface area contributed by atoms with E-state index in [1.54, 1.807) is 6.92 Å². The van der Waals surface area contributed by atoms with Crippen molar-refractivity contribution in [3.63, 3.8) is 0 Å². The van der Waals surface area contributed by atoms with E-state index in [-0.39, 0.29) is 30.0 Å². The van der Waals surface area contributed by atoms with E-state index in [4.69, 9.17) is 26.2 Å². The quantitative estimate of drug-likeness (QED) is 0.217. The predicted octanol–water partition coefficient (Wildman–Crippen LogP) is 0.805. The van der Waals surface area contributed by atoms with Gasteiger partial charge in [-0.05, 0) is 25.3 Å². The number of carbonyl (C=O) groups excluding carboxylic acids is 1. The number of hydrogen-bond donors (Lipinski definition) is 3. The first kappa shape index (κ1) is 23.9. The van der Waals surface area contributed by atoms with Gasteiger partial charge in [-0.25, -0.2) is 9.78 Å². The number of rotatable bonds is 8. The van der Waals surface area contributed by atoms with Gasteiger partial charge in [0.2, 0.25) is 0 Å². The number of nitrogens with zero attached hydrogens (tertiary/aromatic N) is 4. The first-order valence-corrected chi connectivity index (χ1v) is 10.7. The highest BCUT2D eigenvalue weighted by atomic mass is 31.1. The van der Waals surface area contributed by atoms with Crippen molar-refractivity contribution in [1.82, 2.24) is 24.6 Å². The SMILES string of the molecule is C#C[C@]1(CO[P+](=O)NC(C)(C)C(=O)OCC)O[C@@H](n2cnc3c(N)nc(F)nc32)C[C@@H]1O. The maximum absolute atomic E-state index is 13.6. The van der Waals surface area contributed by atoms with E-state index in [2.05, 4.69) is 26.0 Å². The maximum Gasteiger partial charge on any atom is 0.614 e. The molecule has 4 atom stereocenters. The van der Waals surface area contributed by atoms with Crippen LogP contribution in [0, 0.1) is 18.4 Å². The molecule has 32 heavy (non-hydrogen) atoms. The number of ether oxygens (including phenoxy) is 2. The molecule has 0 aromatic carbocycles. The summed E-state index contributed by atoms with van der Waals surface area (Å²) in [6, 6.07) is 0. The van der Waals surface area contributed by atoms with Crippen molar-refractivity contribution in [2.45, 2.75) is 50.7 Å². The molecule has 14 heteroatoms. The lowest BCUT2D eigenvalue weighted by Gasteiger charge is -2.24. The fourth-order valence-corrected chi connectivity index (χ4v) is 4.04. The Morgan fingerprint density at radius 2 is 2.31 bits per heavy atom. The third kappa shape index (κ3) is 4.55. The molecule has 1 aliphatic heterocycles. The van der Waals surface area contributed by atoms with Crippen molar-refractivity contribution in [2.24, 2.45) is 0 Å². The van der Waals surface area contributed by atoms with Gasteiger partial charge >= 0.3 is 20.2 Å². The van der Waals surface area contributed by atoms with Gasteiger partial charge < -0.3 is 20.3 Å². The van der Waals surface area contributed by atoms with Crippen LogP contribution in [0.1, 0.15) is 33.4 Å². The van der Waals surface area contributed by atoms with Crippen LogP contribution in [0.5, 0.6) is 0 Å². The van der Waals surface area contributed by atoms with E-state index < -0.39 is 50.3 Å². The number of hydrogen-bond acceptors (Lipinski definition) is 10. The summed E-state index contributed by atoms with van der Waals surface area (Å²) in [6.45, 7) is 4.31. The van der Waals surface area contributed by atoms with Gasteiger partial charge in [-0.1, -0.05) is 11.0 Å². The number of aliphatic hydroxyl groups excluding tert-OH is 1. The van der Waals surface area contributed by atoms with Crippen LogP contribution in [0.25, 0.3) is 11.2 Å². The molecular weight excluding hydrogens is 446 g/mol. The number of nitrogens with one attached hydrogen (secondary N) is 1. The van der Waals surface area contributed by atoms with Crippen LogP contribution in [0.15, 0.2) is 6.33 Å². The molecule has 0 aliphatic carbocycles. The second-order valence-electron chi connectivity index (χ2n) is 7.55. The Labute approximate surface area is 183 Å². The standard InChI is InChI=1S/C18H23FN6O6P/c1-5-18(8-30-32(28)24-17(3,4)15(27)29-6-2)10(26)7-11(31-18)25-9-21-12-13(20)22-16(19)23-14(12)25/h1,9-11,26H,6-8H2,2-4H3,(H,24,28)(H2,20,22,23)/q+1/t10-,11+,18+/m0/s1. The Balaban J connectivity index is 1.73. The molecule has 0 radical (unpaired) electrons. The lowest BCUT2D eigenvalue weighted by atomic mass is 9.99. The number of nitrogen functional groups attached to an aromatic ring is 1. The summed E-state index contributed by atoms with van der Waals surface area (Å²) in [5, 5.41) is 13.1. The minimum atomic E-state index is -2.57. The smallest absolute Gasteiger partial charge is 0.465 e. The summed E-state index contributed by atoms with van der Waals surface area (Å²) < 4.78 is 43.4. The number of aromatic nitrogens is 4. The number of anilines is 1. The maximum atomic E-state index is 13.6. The van der Waals surface area contributed by atoms with E-state index in [0.717, 1.165) is 0 Å². The third-order valence-corrected chi connectivity index (χ3v) is 5.94. The van der Waals surface area contributed by atoms with Gasteiger partial charge in [0.1, 0.15) is 18.9 Å². The highest BCUT2D eigenvalue weighted by Crippen LogP contribution is 2.39. The normalized spacial score (nSPS) is 23.8. The zero-order chi connectivity index (χ0) is 23.7. The molecule has 1 saturated heterocycles. The number of imidazole rings is 1.